The first-order chi connectivity index (χ1) is 6.86. The molecule has 1 aromatic heterocycles. The number of rotatable bonds is 5. The molecule has 0 aliphatic carbocycles. The fraction of sp³-hybridized carbons (Fsp3) is 0.417. The van der Waals surface area contributed by atoms with E-state index in [0.717, 1.165) is 19.4 Å². The Balaban J connectivity index is 2.46. The summed E-state index contributed by atoms with van der Waals surface area (Å²) in [6.45, 7) is 3.10. The van der Waals surface area contributed by atoms with E-state index in [1.165, 1.54) is 5.56 Å². The normalized spacial score (nSPS) is 12.0. The molecule has 0 saturated carbocycles. The van der Waals surface area contributed by atoms with E-state index >= 15 is 0 Å². The number of hydrogen-bond donors (Lipinski definition) is 1. The molecule has 1 N–H and O–H groups in total. The number of aromatic nitrogens is 1. The van der Waals surface area contributed by atoms with Gasteiger partial charge in [-0.3, -0.25) is 4.98 Å². The highest BCUT2D eigenvalue weighted by molar-refractivity contribution is 5.14. The molecule has 0 amide bonds. The highest BCUT2D eigenvalue weighted by atomic mass is 14.9. The summed E-state index contributed by atoms with van der Waals surface area (Å²) >= 11 is 0. The van der Waals surface area contributed by atoms with E-state index in [4.69, 9.17) is 6.42 Å². The molecule has 2 nitrogen and oxygen atoms in total. The Bertz CT molecular complexity index is 287. The van der Waals surface area contributed by atoms with Crippen molar-refractivity contribution in [1.29, 1.82) is 0 Å². The van der Waals surface area contributed by atoms with Gasteiger partial charge in [0.2, 0.25) is 0 Å². The van der Waals surface area contributed by atoms with Crippen LogP contribution in [-0.2, 0) is 6.42 Å². The van der Waals surface area contributed by atoms with Gasteiger partial charge in [-0.25, -0.2) is 0 Å². The summed E-state index contributed by atoms with van der Waals surface area (Å²) in [5, 5.41) is 3.30. The zero-order chi connectivity index (χ0) is 10.2. The van der Waals surface area contributed by atoms with Crippen LogP contribution in [0.25, 0.3) is 0 Å². The highest BCUT2D eigenvalue weighted by Gasteiger charge is 2.03. The Kier molecular flexibility index (Phi) is 4.74. The second kappa shape index (κ2) is 6.17. The molecule has 0 saturated heterocycles. The van der Waals surface area contributed by atoms with Gasteiger partial charge in [-0.05, 0) is 24.6 Å². The maximum Gasteiger partial charge on any atom is 0.0728 e. The van der Waals surface area contributed by atoms with E-state index in [9.17, 15) is 0 Å². The molecule has 0 aliphatic rings. The molecule has 0 bridgehead atoms. The summed E-state index contributed by atoms with van der Waals surface area (Å²) < 4.78 is 0. The van der Waals surface area contributed by atoms with Crippen LogP contribution in [0.15, 0.2) is 24.5 Å². The molecule has 0 spiro atoms. The lowest BCUT2D eigenvalue weighted by atomic mass is 10.1. The quantitative estimate of drug-likeness (QED) is 0.710. The Morgan fingerprint density at radius 1 is 1.64 bits per heavy atom. The fourth-order valence-electron chi connectivity index (χ4n) is 1.26. The minimum absolute atomic E-state index is 0.124. The van der Waals surface area contributed by atoms with Gasteiger partial charge in [-0.1, -0.05) is 18.9 Å². The summed E-state index contributed by atoms with van der Waals surface area (Å²) in [4.78, 5) is 4.06. The van der Waals surface area contributed by atoms with Gasteiger partial charge < -0.3 is 5.32 Å². The van der Waals surface area contributed by atoms with Crippen LogP contribution < -0.4 is 5.32 Å². The highest BCUT2D eigenvalue weighted by Crippen LogP contribution is 2.00. The largest absolute Gasteiger partial charge is 0.303 e. The monoisotopic (exact) mass is 188 g/mol. The standard InChI is InChI=1S/C12H16N2/c1-3-7-14-12(4-2)9-11-6-5-8-13-10-11/h2,5-6,8,10,12,14H,3,7,9H2,1H3. The van der Waals surface area contributed by atoms with Crippen LogP contribution in [0.2, 0.25) is 0 Å². The first kappa shape index (κ1) is 10.7. The molecule has 2 heteroatoms. The van der Waals surface area contributed by atoms with Crippen LogP contribution in [-0.4, -0.2) is 17.6 Å². The van der Waals surface area contributed by atoms with Crippen molar-refractivity contribution >= 4 is 0 Å². The van der Waals surface area contributed by atoms with Crippen molar-refractivity contribution in [1.82, 2.24) is 10.3 Å². The minimum atomic E-state index is 0.124. The third kappa shape index (κ3) is 3.59. The van der Waals surface area contributed by atoms with E-state index in [1.54, 1.807) is 6.20 Å². The van der Waals surface area contributed by atoms with Crippen molar-refractivity contribution in [2.45, 2.75) is 25.8 Å². The van der Waals surface area contributed by atoms with Crippen LogP contribution in [0.4, 0.5) is 0 Å². The molecular weight excluding hydrogens is 172 g/mol. The fourth-order valence-corrected chi connectivity index (χ4v) is 1.26. The Labute approximate surface area is 85.8 Å². The van der Waals surface area contributed by atoms with Crippen molar-refractivity contribution in [2.24, 2.45) is 0 Å². The molecule has 1 aromatic rings. The number of pyridine rings is 1. The second-order valence-corrected chi connectivity index (χ2v) is 3.24. The predicted molar refractivity (Wildman–Crippen MR) is 58.9 cm³/mol. The maximum absolute atomic E-state index is 5.43. The molecule has 1 heterocycles. The van der Waals surface area contributed by atoms with Crippen molar-refractivity contribution in [3.63, 3.8) is 0 Å². The summed E-state index contributed by atoms with van der Waals surface area (Å²) in [7, 11) is 0. The van der Waals surface area contributed by atoms with Gasteiger partial charge in [-0.2, -0.15) is 0 Å². The molecule has 1 unspecified atom stereocenters. The molecular formula is C12H16N2. The van der Waals surface area contributed by atoms with Crippen LogP contribution in [0.3, 0.4) is 0 Å². The molecule has 0 aromatic carbocycles. The Morgan fingerprint density at radius 3 is 3.07 bits per heavy atom. The van der Waals surface area contributed by atoms with Crippen LogP contribution in [0, 0.1) is 12.3 Å². The summed E-state index contributed by atoms with van der Waals surface area (Å²) in [6, 6.07) is 4.10. The number of nitrogens with zero attached hydrogens (tertiary/aromatic N) is 1. The number of hydrogen-bond acceptors (Lipinski definition) is 2. The number of terminal acetylenes is 1. The van der Waals surface area contributed by atoms with E-state index in [1.807, 2.05) is 18.3 Å². The Morgan fingerprint density at radius 2 is 2.50 bits per heavy atom. The van der Waals surface area contributed by atoms with Gasteiger partial charge in [0, 0.05) is 18.8 Å². The predicted octanol–water partition coefficient (Wildman–Crippen LogP) is 1.63. The second-order valence-electron chi connectivity index (χ2n) is 3.24. The van der Waals surface area contributed by atoms with Crippen LogP contribution in [0.1, 0.15) is 18.9 Å². The van der Waals surface area contributed by atoms with Crippen molar-refractivity contribution in [3.8, 4) is 12.3 Å². The zero-order valence-corrected chi connectivity index (χ0v) is 8.53. The molecule has 0 aliphatic heterocycles. The first-order valence-electron chi connectivity index (χ1n) is 4.95. The third-order valence-electron chi connectivity index (χ3n) is 2.00. The van der Waals surface area contributed by atoms with Crippen molar-refractivity contribution in [2.75, 3.05) is 6.54 Å². The molecule has 1 atom stereocenters. The van der Waals surface area contributed by atoms with Crippen molar-refractivity contribution < 1.29 is 0 Å². The lowest BCUT2D eigenvalue weighted by Crippen LogP contribution is -2.30. The minimum Gasteiger partial charge on any atom is -0.303 e. The van der Waals surface area contributed by atoms with Gasteiger partial charge in [-0.15, -0.1) is 6.42 Å². The topological polar surface area (TPSA) is 24.9 Å². The van der Waals surface area contributed by atoms with E-state index in [0.29, 0.717) is 0 Å². The third-order valence-corrected chi connectivity index (χ3v) is 2.00. The molecule has 0 radical (unpaired) electrons. The molecule has 1 rings (SSSR count). The smallest absolute Gasteiger partial charge is 0.0728 e. The van der Waals surface area contributed by atoms with Gasteiger partial charge >= 0.3 is 0 Å². The van der Waals surface area contributed by atoms with E-state index in [2.05, 4.69) is 23.1 Å². The summed E-state index contributed by atoms with van der Waals surface area (Å²) in [5.41, 5.74) is 1.18. The van der Waals surface area contributed by atoms with Gasteiger partial charge in [0.1, 0.15) is 0 Å². The SMILES string of the molecule is C#CC(Cc1cccnc1)NCCC. The summed E-state index contributed by atoms with van der Waals surface area (Å²) in [5.74, 6) is 2.75. The maximum atomic E-state index is 5.43. The lowest BCUT2D eigenvalue weighted by Gasteiger charge is -2.11. The first-order valence-corrected chi connectivity index (χ1v) is 4.95. The average Bonchev–Trinajstić information content (AvgIpc) is 2.25. The molecule has 14 heavy (non-hydrogen) atoms. The summed E-state index contributed by atoms with van der Waals surface area (Å²) in [6.07, 6.45) is 11.0. The molecule has 0 fully saturated rings. The van der Waals surface area contributed by atoms with Crippen molar-refractivity contribution in [3.05, 3.63) is 30.1 Å². The lowest BCUT2D eigenvalue weighted by molar-refractivity contribution is 0.597. The van der Waals surface area contributed by atoms with Crippen LogP contribution >= 0.6 is 0 Å². The van der Waals surface area contributed by atoms with E-state index in [-0.39, 0.29) is 6.04 Å². The Hall–Kier alpha value is -1.33. The average molecular weight is 188 g/mol. The zero-order valence-electron chi connectivity index (χ0n) is 8.53. The van der Waals surface area contributed by atoms with Gasteiger partial charge in [0.15, 0.2) is 0 Å². The van der Waals surface area contributed by atoms with Gasteiger partial charge in [0.05, 0.1) is 6.04 Å². The number of nitrogens with one attached hydrogen (secondary N) is 1. The van der Waals surface area contributed by atoms with E-state index < -0.39 is 0 Å². The molecule has 74 valence electrons. The van der Waals surface area contributed by atoms with Crippen LogP contribution in [0.5, 0.6) is 0 Å². The van der Waals surface area contributed by atoms with Gasteiger partial charge in [0.25, 0.3) is 0 Å².